The molecule has 2 unspecified atom stereocenters. The maximum Gasteiger partial charge on any atom is 0.154 e. The highest BCUT2D eigenvalue weighted by Crippen LogP contribution is 2.72. The molecule has 9 atom stereocenters. The van der Waals surface area contributed by atoms with Crippen molar-refractivity contribution in [1.29, 1.82) is 0 Å². The second kappa shape index (κ2) is 8.28. The van der Waals surface area contributed by atoms with Crippen LogP contribution >= 0.6 is 0 Å². The standard InChI is InChI=1S/C30H51FO3/c1-18(17-22(32)25(31)27(4,5)34)19-11-15-30(8)21-9-10-23-26(2,3)24(33)13-14-28(23,6)20(21)12-16-29(19,30)7/h18-19,22-25,32-34H,9-17H2,1-8H3/t18-,19-,22?,23+,24+,25?,28-,29-,30+/m1/s1. The first-order valence-corrected chi connectivity index (χ1v) is 14.0. The number of fused-ring (bicyclic) bond motifs is 4. The van der Waals surface area contributed by atoms with Crippen molar-refractivity contribution in [3.8, 4) is 0 Å². The summed E-state index contributed by atoms with van der Waals surface area (Å²) in [5, 5.41) is 31.4. The molecule has 34 heavy (non-hydrogen) atoms. The molecule has 0 aromatic heterocycles. The Kier molecular flexibility index (Phi) is 6.48. The molecule has 0 amide bonds. The van der Waals surface area contributed by atoms with Crippen molar-refractivity contribution < 1.29 is 19.7 Å². The van der Waals surface area contributed by atoms with Crippen LogP contribution in [0.2, 0.25) is 0 Å². The van der Waals surface area contributed by atoms with Crippen LogP contribution in [0.5, 0.6) is 0 Å². The monoisotopic (exact) mass is 478 g/mol. The van der Waals surface area contributed by atoms with Crippen LogP contribution in [0, 0.1) is 39.4 Å². The summed E-state index contributed by atoms with van der Waals surface area (Å²) in [5.41, 5.74) is 2.36. The zero-order chi connectivity index (χ0) is 25.5. The van der Waals surface area contributed by atoms with Crippen LogP contribution in [-0.4, -0.2) is 39.3 Å². The van der Waals surface area contributed by atoms with E-state index in [9.17, 15) is 19.7 Å². The molecule has 0 aromatic carbocycles. The molecule has 4 aliphatic carbocycles. The predicted octanol–water partition coefficient (Wildman–Crippen LogP) is 6.59. The molecule has 3 N–H and O–H groups in total. The number of hydrogen-bond donors (Lipinski definition) is 3. The van der Waals surface area contributed by atoms with Crippen LogP contribution in [0.15, 0.2) is 11.1 Å². The van der Waals surface area contributed by atoms with Crippen molar-refractivity contribution in [2.45, 2.75) is 137 Å². The van der Waals surface area contributed by atoms with Crippen LogP contribution in [0.3, 0.4) is 0 Å². The van der Waals surface area contributed by atoms with Gasteiger partial charge >= 0.3 is 0 Å². The van der Waals surface area contributed by atoms with E-state index < -0.39 is 17.9 Å². The molecule has 3 nitrogen and oxygen atoms in total. The minimum atomic E-state index is -1.63. The quantitative estimate of drug-likeness (QED) is 0.391. The Balaban J connectivity index is 1.62. The van der Waals surface area contributed by atoms with E-state index in [0.717, 1.165) is 38.5 Å². The van der Waals surface area contributed by atoms with Crippen LogP contribution in [0.25, 0.3) is 0 Å². The number of hydrogen-bond acceptors (Lipinski definition) is 3. The third-order valence-corrected chi connectivity index (χ3v) is 12.1. The van der Waals surface area contributed by atoms with Gasteiger partial charge in [0.05, 0.1) is 17.8 Å². The Morgan fingerprint density at radius 3 is 2.24 bits per heavy atom. The molecule has 4 rings (SSSR count). The second-order valence-corrected chi connectivity index (χ2v) is 14.6. The summed E-state index contributed by atoms with van der Waals surface area (Å²) in [6.45, 7) is 17.1. The first-order valence-electron chi connectivity index (χ1n) is 14.0. The third-order valence-electron chi connectivity index (χ3n) is 12.1. The highest BCUT2D eigenvalue weighted by Gasteiger charge is 2.63. The van der Waals surface area contributed by atoms with Gasteiger partial charge in [-0.3, -0.25) is 0 Å². The normalized spacial score (nSPS) is 44.6. The number of allylic oxidation sites excluding steroid dienone is 2. The Labute approximate surface area is 207 Å². The van der Waals surface area contributed by atoms with Crippen molar-refractivity contribution in [1.82, 2.24) is 0 Å². The van der Waals surface area contributed by atoms with Gasteiger partial charge in [0, 0.05) is 0 Å². The van der Waals surface area contributed by atoms with Gasteiger partial charge in [0.1, 0.15) is 0 Å². The van der Waals surface area contributed by atoms with E-state index >= 15 is 0 Å². The van der Waals surface area contributed by atoms with E-state index in [4.69, 9.17) is 0 Å². The van der Waals surface area contributed by atoms with Gasteiger partial charge in [-0.15, -0.1) is 0 Å². The highest BCUT2D eigenvalue weighted by molar-refractivity contribution is 5.38. The fourth-order valence-electron chi connectivity index (χ4n) is 9.76. The number of halogens is 1. The summed E-state index contributed by atoms with van der Waals surface area (Å²) >= 11 is 0. The number of aliphatic hydroxyl groups excluding tert-OH is 2. The Morgan fingerprint density at radius 1 is 0.971 bits per heavy atom. The number of rotatable bonds is 5. The molecule has 0 bridgehead atoms. The lowest BCUT2D eigenvalue weighted by Gasteiger charge is -2.62. The van der Waals surface area contributed by atoms with Crippen molar-refractivity contribution in [3.63, 3.8) is 0 Å². The lowest BCUT2D eigenvalue weighted by Crippen LogP contribution is -2.55. The van der Waals surface area contributed by atoms with Crippen molar-refractivity contribution in [2.24, 2.45) is 39.4 Å². The molecule has 2 fully saturated rings. The summed E-state index contributed by atoms with van der Waals surface area (Å²) in [6, 6.07) is 0. The summed E-state index contributed by atoms with van der Waals surface area (Å²) in [6.07, 6.45) is 6.33. The van der Waals surface area contributed by atoms with Gasteiger partial charge in [-0.25, -0.2) is 4.39 Å². The van der Waals surface area contributed by atoms with Gasteiger partial charge in [-0.2, -0.15) is 0 Å². The minimum absolute atomic E-state index is 0.0422. The zero-order valence-electron chi connectivity index (χ0n) is 23.0. The van der Waals surface area contributed by atoms with E-state index in [0.29, 0.717) is 18.3 Å². The molecule has 0 saturated heterocycles. The fourth-order valence-corrected chi connectivity index (χ4v) is 9.76. The second-order valence-electron chi connectivity index (χ2n) is 14.6. The molecule has 0 aliphatic heterocycles. The minimum Gasteiger partial charge on any atom is -0.393 e. The summed E-state index contributed by atoms with van der Waals surface area (Å²) < 4.78 is 14.6. The van der Waals surface area contributed by atoms with Gasteiger partial charge in [0.15, 0.2) is 6.17 Å². The Bertz CT molecular complexity index is 827. The zero-order valence-corrected chi connectivity index (χ0v) is 23.0. The van der Waals surface area contributed by atoms with E-state index in [1.807, 2.05) is 0 Å². The van der Waals surface area contributed by atoms with E-state index in [-0.39, 0.29) is 33.7 Å². The third kappa shape index (κ3) is 3.67. The van der Waals surface area contributed by atoms with Gasteiger partial charge in [0.25, 0.3) is 0 Å². The maximum absolute atomic E-state index is 14.6. The topological polar surface area (TPSA) is 60.7 Å². The molecular formula is C30H51FO3. The molecule has 0 aromatic rings. The predicted molar refractivity (Wildman–Crippen MR) is 136 cm³/mol. The first kappa shape index (κ1) is 26.6. The summed E-state index contributed by atoms with van der Waals surface area (Å²) in [7, 11) is 0. The van der Waals surface area contributed by atoms with Crippen molar-refractivity contribution in [2.75, 3.05) is 0 Å². The molecule has 0 spiro atoms. The average molecular weight is 479 g/mol. The van der Waals surface area contributed by atoms with Crippen LogP contribution in [0.1, 0.15) is 113 Å². The van der Waals surface area contributed by atoms with E-state index in [2.05, 4.69) is 41.5 Å². The fraction of sp³-hybridized carbons (Fsp3) is 0.933. The summed E-state index contributed by atoms with van der Waals surface area (Å²) in [5.74, 6) is 1.19. The number of alkyl halides is 1. The van der Waals surface area contributed by atoms with Crippen molar-refractivity contribution in [3.05, 3.63) is 11.1 Å². The SMILES string of the molecule is C[C@H](CC(O)C(F)C(C)(C)O)[C@H]1CC[C@@]2(C)C3=C(CC[C@]12C)[C@@]1(C)CC[C@H](O)C(C)(C)[C@@H]1CC3. The summed E-state index contributed by atoms with van der Waals surface area (Å²) in [4.78, 5) is 0. The molecule has 0 heterocycles. The van der Waals surface area contributed by atoms with Crippen LogP contribution in [-0.2, 0) is 0 Å². The van der Waals surface area contributed by atoms with Gasteiger partial charge < -0.3 is 15.3 Å². The lowest BCUT2D eigenvalue weighted by atomic mass is 9.43. The lowest BCUT2D eigenvalue weighted by molar-refractivity contribution is -0.0972. The van der Waals surface area contributed by atoms with Gasteiger partial charge in [-0.05, 0) is 111 Å². The van der Waals surface area contributed by atoms with Gasteiger partial charge in [-0.1, -0.05) is 52.7 Å². The molecule has 0 radical (unpaired) electrons. The maximum atomic E-state index is 14.6. The molecular weight excluding hydrogens is 427 g/mol. The van der Waals surface area contributed by atoms with Gasteiger partial charge in [0.2, 0.25) is 0 Å². The molecule has 2 saturated carbocycles. The Hall–Kier alpha value is -0.450. The van der Waals surface area contributed by atoms with Crippen LogP contribution < -0.4 is 0 Å². The van der Waals surface area contributed by atoms with E-state index in [1.165, 1.54) is 26.7 Å². The number of aliphatic hydroxyl groups is 3. The molecule has 4 heteroatoms. The molecule has 4 aliphatic rings. The highest BCUT2D eigenvalue weighted by atomic mass is 19.1. The first-order chi connectivity index (χ1) is 15.5. The average Bonchev–Trinajstić information content (AvgIpc) is 3.01. The largest absolute Gasteiger partial charge is 0.393 e. The molecule has 196 valence electrons. The van der Waals surface area contributed by atoms with Crippen molar-refractivity contribution >= 4 is 0 Å². The van der Waals surface area contributed by atoms with Crippen LogP contribution in [0.4, 0.5) is 4.39 Å². The van der Waals surface area contributed by atoms with E-state index in [1.54, 1.807) is 11.1 Å². The smallest absolute Gasteiger partial charge is 0.154 e. The Morgan fingerprint density at radius 2 is 1.62 bits per heavy atom.